The largest absolute Gasteiger partial charge is 0.349 e. The Balaban J connectivity index is 1.95. The fraction of sp³-hybridized carbons (Fsp3) is 0.312. The summed E-state index contributed by atoms with van der Waals surface area (Å²) >= 11 is 3.54. The van der Waals surface area contributed by atoms with Gasteiger partial charge < -0.3 is 5.32 Å². The lowest BCUT2D eigenvalue weighted by atomic mass is 10.0. The van der Waals surface area contributed by atoms with E-state index in [-0.39, 0.29) is 5.91 Å². The maximum Gasteiger partial charge on any atom is 0.252 e. The fourth-order valence-corrected chi connectivity index (χ4v) is 3.30. The van der Waals surface area contributed by atoms with E-state index >= 15 is 0 Å². The van der Waals surface area contributed by atoms with E-state index in [4.69, 9.17) is 0 Å². The Labute approximate surface area is 121 Å². The molecule has 0 atom stereocenters. The van der Waals surface area contributed by atoms with Crippen LogP contribution in [0.2, 0.25) is 0 Å². The zero-order valence-electron chi connectivity index (χ0n) is 10.7. The Bertz CT molecular complexity index is 617. The highest BCUT2D eigenvalue weighted by Gasteiger charge is 2.19. The number of hydrogen-bond donors (Lipinski definition) is 1. The summed E-state index contributed by atoms with van der Waals surface area (Å²) in [4.78, 5) is 12.4. The quantitative estimate of drug-likeness (QED) is 0.880. The molecule has 0 heterocycles. The number of carbonyl (C=O) groups is 1. The third-order valence-corrected chi connectivity index (χ3v) is 4.50. The third-order valence-electron chi connectivity index (χ3n) is 3.80. The summed E-state index contributed by atoms with van der Waals surface area (Å²) in [6, 6.07) is 12.2. The van der Waals surface area contributed by atoms with Gasteiger partial charge in [0.15, 0.2) is 0 Å². The smallest absolute Gasteiger partial charge is 0.252 e. The van der Waals surface area contributed by atoms with E-state index in [0.29, 0.717) is 6.04 Å². The number of nitrogens with one attached hydrogen (secondary N) is 1. The summed E-state index contributed by atoms with van der Waals surface area (Å²) in [5, 5.41) is 5.24. The van der Waals surface area contributed by atoms with Crippen molar-refractivity contribution in [1.82, 2.24) is 5.32 Å². The van der Waals surface area contributed by atoms with Crippen molar-refractivity contribution in [2.24, 2.45) is 0 Å². The molecular weight excluding hydrogens is 302 g/mol. The third kappa shape index (κ3) is 2.52. The number of rotatable bonds is 2. The molecule has 0 bridgehead atoms. The molecule has 1 aliphatic carbocycles. The van der Waals surface area contributed by atoms with Crippen LogP contribution < -0.4 is 5.32 Å². The van der Waals surface area contributed by atoms with Gasteiger partial charge in [-0.05, 0) is 35.7 Å². The van der Waals surface area contributed by atoms with Gasteiger partial charge in [-0.25, -0.2) is 0 Å². The first kappa shape index (κ1) is 12.7. The van der Waals surface area contributed by atoms with E-state index in [2.05, 4.69) is 21.2 Å². The van der Waals surface area contributed by atoms with Crippen LogP contribution in [0.1, 0.15) is 36.0 Å². The van der Waals surface area contributed by atoms with Crippen molar-refractivity contribution in [2.45, 2.75) is 31.7 Å². The van der Waals surface area contributed by atoms with Gasteiger partial charge in [0.25, 0.3) is 5.91 Å². The first-order valence-electron chi connectivity index (χ1n) is 6.74. The van der Waals surface area contributed by atoms with Crippen LogP contribution >= 0.6 is 15.9 Å². The molecule has 0 unspecified atom stereocenters. The first-order chi connectivity index (χ1) is 9.25. The summed E-state index contributed by atoms with van der Waals surface area (Å²) in [5.41, 5.74) is 0.769. The molecule has 1 fully saturated rings. The van der Waals surface area contributed by atoms with Gasteiger partial charge in [0, 0.05) is 16.1 Å². The number of amides is 1. The van der Waals surface area contributed by atoms with Gasteiger partial charge in [-0.1, -0.05) is 53.0 Å². The molecular formula is C16H16BrNO. The predicted molar refractivity (Wildman–Crippen MR) is 81.4 cm³/mol. The minimum absolute atomic E-state index is 0.0515. The summed E-state index contributed by atoms with van der Waals surface area (Å²) in [6.45, 7) is 0. The molecule has 0 aliphatic heterocycles. The molecule has 3 heteroatoms. The maximum atomic E-state index is 12.4. The van der Waals surface area contributed by atoms with Gasteiger partial charge in [-0.2, -0.15) is 0 Å². The number of carbonyl (C=O) groups excluding carboxylic acids is 1. The molecule has 1 N–H and O–H groups in total. The van der Waals surface area contributed by atoms with Crippen LogP contribution in [-0.4, -0.2) is 11.9 Å². The molecule has 1 amide bonds. The normalized spacial score (nSPS) is 15.8. The highest BCUT2D eigenvalue weighted by molar-refractivity contribution is 9.10. The summed E-state index contributed by atoms with van der Waals surface area (Å²) in [6.07, 6.45) is 4.68. The number of benzene rings is 2. The molecule has 1 aliphatic rings. The Kier molecular flexibility index (Phi) is 3.56. The molecule has 3 rings (SSSR count). The van der Waals surface area contributed by atoms with Crippen LogP contribution in [0.15, 0.2) is 40.9 Å². The van der Waals surface area contributed by atoms with Crippen molar-refractivity contribution in [1.29, 1.82) is 0 Å². The molecule has 0 saturated heterocycles. The number of fused-ring (bicyclic) bond motifs is 1. The summed E-state index contributed by atoms with van der Waals surface area (Å²) < 4.78 is 1.03. The van der Waals surface area contributed by atoms with Crippen molar-refractivity contribution in [3.63, 3.8) is 0 Å². The SMILES string of the molecule is O=C(NC1CCCC1)c1cccc2c(Br)cccc12. The number of halogens is 1. The van der Waals surface area contributed by atoms with Crippen molar-refractivity contribution in [3.8, 4) is 0 Å². The molecule has 2 aromatic rings. The lowest BCUT2D eigenvalue weighted by molar-refractivity contribution is 0.0939. The van der Waals surface area contributed by atoms with E-state index in [0.717, 1.165) is 33.7 Å². The van der Waals surface area contributed by atoms with Crippen LogP contribution in [0.5, 0.6) is 0 Å². The van der Waals surface area contributed by atoms with E-state index in [1.54, 1.807) is 0 Å². The topological polar surface area (TPSA) is 29.1 Å². The molecule has 0 radical (unpaired) electrons. The number of hydrogen-bond acceptors (Lipinski definition) is 1. The molecule has 19 heavy (non-hydrogen) atoms. The predicted octanol–water partition coefficient (Wildman–Crippen LogP) is 4.27. The van der Waals surface area contributed by atoms with Crippen LogP contribution in [0.4, 0.5) is 0 Å². The lowest BCUT2D eigenvalue weighted by Gasteiger charge is -2.13. The van der Waals surface area contributed by atoms with Gasteiger partial charge in [0.1, 0.15) is 0 Å². The van der Waals surface area contributed by atoms with Crippen molar-refractivity contribution >= 4 is 32.6 Å². The monoisotopic (exact) mass is 317 g/mol. The van der Waals surface area contributed by atoms with E-state index in [1.165, 1.54) is 12.8 Å². The van der Waals surface area contributed by atoms with Crippen LogP contribution in [0.25, 0.3) is 10.8 Å². The average Bonchev–Trinajstić information content (AvgIpc) is 2.91. The average molecular weight is 318 g/mol. The van der Waals surface area contributed by atoms with Gasteiger partial charge in [-0.3, -0.25) is 4.79 Å². The molecule has 98 valence electrons. The minimum atomic E-state index is 0.0515. The van der Waals surface area contributed by atoms with Crippen LogP contribution in [0.3, 0.4) is 0 Å². The van der Waals surface area contributed by atoms with Crippen molar-refractivity contribution in [2.75, 3.05) is 0 Å². The van der Waals surface area contributed by atoms with E-state index < -0.39 is 0 Å². The Hall–Kier alpha value is -1.35. The van der Waals surface area contributed by atoms with Gasteiger partial charge in [-0.15, -0.1) is 0 Å². The second kappa shape index (κ2) is 5.33. The van der Waals surface area contributed by atoms with Crippen LogP contribution in [-0.2, 0) is 0 Å². The highest BCUT2D eigenvalue weighted by Crippen LogP contribution is 2.27. The molecule has 1 saturated carbocycles. The maximum absolute atomic E-state index is 12.4. The second-order valence-corrected chi connectivity index (χ2v) is 5.95. The minimum Gasteiger partial charge on any atom is -0.349 e. The molecule has 2 nitrogen and oxygen atoms in total. The van der Waals surface area contributed by atoms with Gasteiger partial charge >= 0.3 is 0 Å². The molecule has 0 spiro atoms. The van der Waals surface area contributed by atoms with Gasteiger partial charge in [0.2, 0.25) is 0 Å². The van der Waals surface area contributed by atoms with Crippen LogP contribution in [0, 0.1) is 0 Å². The fourth-order valence-electron chi connectivity index (χ4n) is 2.80. The van der Waals surface area contributed by atoms with E-state index in [1.807, 2.05) is 36.4 Å². The lowest BCUT2D eigenvalue weighted by Crippen LogP contribution is -2.32. The molecule has 2 aromatic carbocycles. The Morgan fingerprint density at radius 3 is 2.53 bits per heavy atom. The highest BCUT2D eigenvalue weighted by atomic mass is 79.9. The van der Waals surface area contributed by atoms with Crippen molar-refractivity contribution < 1.29 is 4.79 Å². The zero-order chi connectivity index (χ0) is 13.2. The second-order valence-electron chi connectivity index (χ2n) is 5.10. The Morgan fingerprint density at radius 1 is 1.05 bits per heavy atom. The Morgan fingerprint density at radius 2 is 1.74 bits per heavy atom. The van der Waals surface area contributed by atoms with Gasteiger partial charge in [0.05, 0.1) is 0 Å². The standard InChI is InChI=1S/C16H16BrNO/c17-15-10-4-7-12-13(15)8-3-9-14(12)16(19)18-11-5-1-2-6-11/h3-4,7-11H,1-2,5-6H2,(H,18,19). The van der Waals surface area contributed by atoms with E-state index in [9.17, 15) is 4.79 Å². The van der Waals surface area contributed by atoms with Crippen molar-refractivity contribution in [3.05, 3.63) is 46.4 Å². The zero-order valence-corrected chi connectivity index (χ0v) is 12.2. The summed E-state index contributed by atoms with van der Waals surface area (Å²) in [7, 11) is 0. The summed E-state index contributed by atoms with van der Waals surface area (Å²) in [5.74, 6) is 0.0515. The first-order valence-corrected chi connectivity index (χ1v) is 7.53. The molecule has 0 aromatic heterocycles.